The van der Waals surface area contributed by atoms with Gasteiger partial charge in [0.2, 0.25) is 0 Å². The van der Waals surface area contributed by atoms with Gasteiger partial charge in [-0.05, 0) is 48.7 Å². The fourth-order valence-corrected chi connectivity index (χ4v) is 2.04. The van der Waals surface area contributed by atoms with E-state index in [0.717, 1.165) is 5.56 Å². The van der Waals surface area contributed by atoms with Gasteiger partial charge in [0.25, 0.3) is 5.91 Å². The van der Waals surface area contributed by atoms with Gasteiger partial charge in [-0.2, -0.15) is 0 Å². The predicted molar refractivity (Wildman–Crippen MR) is 90.7 cm³/mol. The molecule has 120 valence electrons. The number of esters is 1. The number of nitrogens with one attached hydrogen (secondary N) is 1. The molecule has 0 atom stereocenters. The summed E-state index contributed by atoms with van der Waals surface area (Å²) in [7, 11) is 0. The summed E-state index contributed by atoms with van der Waals surface area (Å²) in [5.74, 6) is -0.222. The van der Waals surface area contributed by atoms with Crippen LogP contribution in [0.5, 0.6) is 0 Å². The van der Waals surface area contributed by atoms with Crippen LogP contribution in [0.2, 0.25) is 0 Å². The van der Waals surface area contributed by atoms with Crippen molar-refractivity contribution in [3.05, 3.63) is 65.2 Å². The van der Waals surface area contributed by atoms with E-state index in [0.29, 0.717) is 29.3 Å². The number of anilines is 1. The van der Waals surface area contributed by atoms with E-state index >= 15 is 0 Å². The summed E-state index contributed by atoms with van der Waals surface area (Å²) in [6, 6.07) is 14.1. The Morgan fingerprint density at radius 3 is 2.30 bits per heavy atom. The molecule has 2 aromatic carbocycles. The van der Waals surface area contributed by atoms with Crippen LogP contribution in [0.3, 0.4) is 0 Å². The van der Waals surface area contributed by atoms with Crippen LogP contribution in [0.4, 0.5) is 5.69 Å². The maximum Gasteiger partial charge on any atom is 0.338 e. The Kier molecular flexibility index (Phi) is 5.52. The quantitative estimate of drug-likeness (QED) is 0.847. The van der Waals surface area contributed by atoms with Crippen LogP contribution in [0.15, 0.2) is 48.5 Å². The van der Waals surface area contributed by atoms with Crippen molar-refractivity contribution in [1.29, 1.82) is 0 Å². The van der Waals surface area contributed by atoms with Crippen molar-refractivity contribution in [3.63, 3.8) is 0 Å². The first kappa shape index (κ1) is 16.7. The van der Waals surface area contributed by atoms with E-state index < -0.39 is 0 Å². The zero-order chi connectivity index (χ0) is 16.8. The first-order chi connectivity index (χ1) is 11.0. The largest absolute Gasteiger partial charge is 0.462 e. The molecule has 0 bridgehead atoms. The number of ether oxygens (including phenoxy) is 1. The number of carbonyl (C=O) groups excluding carboxylic acids is 2. The number of aryl methyl sites for hydroxylation is 1. The molecule has 0 aliphatic carbocycles. The minimum Gasteiger partial charge on any atom is -0.462 e. The number of benzene rings is 2. The number of hydrogen-bond donors (Lipinski definition) is 1. The van der Waals surface area contributed by atoms with Crippen LogP contribution in [0.1, 0.15) is 40.1 Å². The molecule has 2 aromatic rings. The lowest BCUT2D eigenvalue weighted by atomic mass is 10.1. The van der Waals surface area contributed by atoms with Gasteiger partial charge >= 0.3 is 5.97 Å². The summed E-state index contributed by atoms with van der Waals surface area (Å²) < 4.78 is 5.17. The van der Waals surface area contributed by atoms with E-state index in [1.165, 1.54) is 0 Å². The van der Waals surface area contributed by atoms with Gasteiger partial charge in [0.1, 0.15) is 0 Å². The molecule has 0 spiro atoms. The third-order valence-corrected chi connectivity index (χ3v) is 3.32. The van der Waals surface area contributed by atoms with Crippen molar-refractivity contribution in [2.45, 2.75) is 20.8 Å². The number of carbonyl (C=O) groups is 2. The number of rotatable bonds is 5. The average molecular weight is 311 g/mol. The Bertz CT molecular complexity index is 690. The van der Waals surface area contributed by atoms with Gasteiger partial charge in [-0.25, -0.2) is 4.79 Å². The predicted octanol–water partition coefficient (Wildman–Crippen LogP) is 4.06. The average Bonchev–Trinajstić information content (AvgIpc) is 2.53. The van der Waals surface area contributed by atoms with Crippen LogP contribution in [0, 0.1) is 12.8 Å². The minimum absolute atomic E-state index is 0.168. The van der Waals surface area contributed by atoms with Crippen molar-refractivity contribution < 1.29 is 14.3 Å². The second kappa shape index (κ2) is 7.58. The zero-order valence-corrected chi connectivity index (χ0v) is 13.6. The monoisotopic (exact) mass is 311 g/mol. The smallest absolute Gasteiger partial charge is 0.338 e. The molecule has 1 N–H and O–H groups in total. The molecule has 0 aromatic heterocycles. The van der Waals surface area contributed by atoms with Gasteiger partial charge in [0, 0.05) is 11.3 Å². The molecule has 2 rings (SSSR count). The number of hydrogen-bond acceptors (Lipinski definition) is 3. The van der Waals surface area contributed by atoms with Crippen molar-refractivity contribution in [3.8, 4) is 0 Å². The fraction of sp³-hybridized carbons (Fsp3) is 0.263. The maximum atomic E-state index is 12.2. The van der Waals surface area contributed by atoms with Gasteiger partial charge in [-0.3, -0.25) is 4.79 Å². The molecule has 1 amide bonds. The molecule has 0 fully saturated rings. The van der Waals surface area contributed by atoms with E-state index in [-0.39, 0.29) is 11.9 Å². The molecular formula is C19H21NO3. The second-order valence-corrected chi connectivity index (χ2v) is 5.84. The third-order valence-electron chi connectivity index (χ3n) is 3.32. The van der Waals surface area contributed by atoms with E-state index in [1.807, 2.05) is 39.0 Å². The lowest BCUT2D eigenvalue weighted by Gasteiger charge is -2.09. The van der Waals surface area contributed by atoms with E-state index in [2.05, 4.69) is 5.32 Å². The van der Waals surface area contributed by atoms with Crippen LogP contribution < -0.4 is 5.32 Å². The highest BCUT2D eigenvalue weighted by atomic mass is 16.5. The molecule has 0 aliphatic rings. The van der Waals surface area contributed by atoms with E-state index in [1.54, 1.807) is 30.3 Å². The Morgan fingerprint density at radius 2 is 1.70 bits per heavy atom. The normalized spacial score (nSPS) is 10.4. The SMILES string of the molecule is Cc1ccccc1C(=O)Nc1ccc(C(=O)OCC(C)C)cc1. The van der Waals surface area contributed by atoms with E-state index in [4.69, 9.17) is 4.74 Å². The Balaban J connectivity index is 2.01. The van der Waals surface area contributed by atoms with Crippen molar-refractivity contribution in [2.24, 2.45) is 5.92 Å². The molecule has 0 saturated carbocycles. The molecule has 0 unspecified atom stereocenters. The first-order valence-electron chi connectivity index (χ1n) is 7.61. The first-order valence-corrected chi connectivity index (χ1v) is 7.61. The molecule has 0 saturated heterocycles. The lowest BCUT2D eigenvalue weighted by molar-refractivity contribution is 0.0459. The molecule has 0 radical (unpaired) electrons. The van der Waals surface area contributed by atoms with Crippen molar-refractivity contribution in [2.75, 3.05) is 11.9 Å². The van der Waals surface area contributed by atoms with Gasteiger partial charge in [0.15, 0.2) is 0 Å². The Hall–Kier alpha value is -2.62. The van der Waals surface area contributed by atoms with Crippen molar-refractivity contribution in [1.82, 2.24) is 0 Å². The second-order valence-electron chi connectivity index (χ2n) is 5.84. The lowest BCUT2D eigenvalue weighted by Crippen LogP contribution is -2.13. The minimum atomic E-state index is -0.351. The molecule has 4 nitrogen and oxygen atoms in total. The number of amides is 1. The summed E-state index contributed by atoms with van der Waals surface area (Å²) in [6.07, 6.45) is 0. The van der Waals surface area contributed by atoms with E-state index in [9.17, 15) is 9.59 Å². The summed E-state index contributed by atoms with van der Waals surface area (Å²) in [4.78, 5) is 24.1. The molecule has 23 heavy (non-hydrogen) atoms. The molecule has 4 heteroatoms. The third kappa shape index (κ3) is 4.68. The van der Waals surface area contributed by atoms with Gasteiger partial charge in [0.05, 0.1) is 12.2 Å². The Morgan fingerprint density at radius 1 is 1.04 bits per heavy atom. The van der Waals surface area contributed by atoms with Gasteiger partial charge in [-0.1, -0.05) is 32.0 Å². The topological polar surface area (TPSA) is 55.4 Å². The van der Waals surface area contributed by atoms with Crippen LogP contribution in [-0.2, 0) is 4.74 Å². The maximum absolute atomic E-state index is 12.2. The summed E-state index contributed by atoms with van der Waals surface area (Å²) >= 11 is 0. The van der Waals surface area contributed by atoms with Crippen molar-refractivity contribution >= 4 is 17.6 Å². The summed E-state index contributed by atoms with van der Waals surface area (Å²) in [5, 5.41) is 2.82. The van der Waals surface area contributed by atoms with Gasteiger partial charge in [-0.15, -0.1) is 0 Å². The van der Waals surface area contributed by atoms with Gasteiger partial charge < -0.3 is 10.1 Å². The highest BCUT2D eigenvalue weighted by Gasteiger charge is 2.10. The zero-order valence-electron chi connectivity index (χ0n) is 13.6. The summed E-state index contributed by atoms with van der Waals surface area (Å²) in [5.41, 5.74) is 2.66. The summed E-state index contributed by atoms with van der Waals surface area (Å²) in [6.45, 7) is 6.25. The highest BCUT2D eigenvalue weighted by molar-refractivity contribution is 6.05. The Labute approximate surface area is 136 Å². The highest BCUT2D eigenvalue weighted by Crippen LogP contribution is 2.14. The standard InChI is InChI=1S/C19H21NO3/c1-13(2)12-23-19(22)15-8-10-16(11-9-15)20-18(21)17-7-5-4-6-14(17)3/h4-11,13H,12H2,1-3H3,(H,20,21). The fourth-order valence-electron chi connectivity index (χ4n) is 2.04. The van der Waals surface area contributed by atoms with Crippen LogP contribution in [0.25, 0.3) is 0 Å². The molecule has 0 aliphatic heterocycles. The molecule has 0 heterocycles. The van der Waals surface area contributed by atoms with Crippen LogP contribution in [-0.4, -0.2) is 18.5 Å². The molecular weight excluding hydrogens is 290 g/mol. The van der Waals surface area contributed by atoms with Crippen LogP contribution >= 0.6 is 0 Å².